The van der Waals surface area contributed by atoms with Gasteiger partial charge in [-0.3, -0.25) is 0 Å². The summed E-state index contributed by atoms with van der Waals surface area (Å²) in [4.78, 5) is 0. The highest BCUT2D eigenvalue weighted by Crippen LogP contribution is 2.21. The molecule has 20 heavy (non-hydrogen) atoms. The maximum atomic E-state index is 5.63. The van der Waals surface area contributed by atoms with Crippen LogP contribution in [0.25, 0.3) is 0 Å². The summed E-state index contributed by atoms with van der Waals surface area (Å²) < 4.78 is 16.4. The van der Waals surface area contributed by atoms with E-state index in [1.54, 1.807) is 14.2 Å². The van der Waals surface area contributed by atoms with Gasteiger partial charge in [0.05, 0.1) is 13.2 Å². The quantitative estimate of drug-likeness (QED) is 0.831. The number of para-hydroxylation sites is 1. The summed E-state index contributed by atoms with van der Waals surface area (Å²) in [5, 5.41) is 3.48. The highest BCUT2D eigenvalue weighted by Gasteiger charge is 2.23. The van der Waals surface area contributed by atoms with Gasteiger partial charge >= 0.3 is 0 Å². The summed E-state index contributed by atoms with van der Waals surface area (Å²) in [5.74, 6) is 1.53. The third-order valence-corrected chi connectivity index (χ3v) is 3.95. The van der Waals surface area contributed by atoms with Crippen LogP contribution in [0.4, 0.5) is 0 Å². The molecule has 1 saturated heterocycles. The second kappa shape index (κ2) is 8.25. The van der Waals surface area contributed by atoms with Gasteiger partial charge in [-0.2, -0.15) is 0 Å². The molecule has 1 fully saturated rings. The van der Waals surface area contributed by atoms with Crippen LogP contribution in [0.1, 0.15) is 18.4 Å². The van der Waals surface area contributed by atoms with Crippen molar-refractivity contribution < 1.29 is 14.2 Å². The summed E-state index contributed by atoms with van der Waals surface area (Å²) in [6, 6.07) is 8.10. The van der Waals surface area contributed by atoms with E-state index in [-0.39, 0.29) is 6.10 Å². The SMILES string of the molecule is COc1ccccc1CNCC(OC)C1CCOCC1. The molecule has 112 valence electrons. The Labute approximate surface area is 121 Å². The minimum Gasteiger partial charge on any atom is -0.496 e. The zero-order valence-electron chi connectivity index (χ0n) is 12.4. The Morgan fingerprint density at radius 3 is 2.70 bits per heavy atom. The van der Waals surface area contributed by atoms with E-state index in [1.807, 2.05) is 18.2 Å². The molecule has 0 bridgehead atoms. The number of ether oxygens (including phenoxy) is 3. The first-order chi connectivity index (χ1) is 9.85. The van der Waals surface area contributed by atoms with Crippen molar-refractivity contribution in [1.82, 2.24) is 5.32 Å². The van der Waals surface area contributed by atoms with Gasteiger partial charge in [0.2, 0.25) is 0 Å². The molecule has 1 aromatic carbocycles. The molecule has 0 aromatic heterocycles. The van der Waals surface area contributed by atoms with Gasteiger partial charge in [0.1, 0.15) is 5.75 Å². The Bertz CT molecular complexity index is 391. The molecule has 1 aliphatic rings. The van der Waals surface area contributed by atoms with Crippen molar-refractivity contribution in [3.05, 3.63) is 29.8 Å². The van der Waals surface area contributed by atoms with E-state index in [0.29, 0.717) is 5.92 Å². The van der Waals surface area contributed by atoms with Crippen LogP contribution in [-0.4, -0.2) is 40.1 Å². The summed E-state index contributed by atoms with van der Waals surface area (Å²) in [7, 11) is 3.50. The fourth-order valence-corrected chi connectivity index (χ4v) is 2.73. The number of benzene rings is 1. The number of nitrogens with one attached hydrogen (secondary N) is 1. The van der Waals surface area contributed by atoms with Crippen LogP contribution in [0.2, 0.25) is 0 Å². The molecule has 2 rings (SSSR count). The first-order valence-corrected chi connectivity index (χ1v) is 7.28. The molecular weight excluding hydrogens is 254 g/mol. The molecule has 0 saturated carbocycles. The van der Waals surface area contributed by atoms with E-state index in [2.05, 4.69) is 11.4 Å². The number of methoxy groups -OCH3 is 2. The fourth-order valence-electron chi connectivity index (χ4n) is 2.73. The van der Waals surface area contributed by atoms with Crippen LogP contribution in [0.5, 0.6) is 5.75 Å². The molecule has 1 unspecified atom stereocenters. The lowest BCUT2D eigenvalue weighted by atomic mass is 9.93. The van der Waals surface area contributed by atoms with Crippen LogP contribution < -0.4 is 10.1 Å². The molecule has 1 aliphatic heterocycles. The predicted octanol–water partition coefficient (Wildman–Crippen LogP) is 2.23. The van der Waals surface area contributed by atoms with Crippen molar-refractivity contribution >= 4 is 0 Å². The Morgan fingerprint density at radius 2 is 2.00 bits per heavy atom. The second-order valence-corrected chi connectivity index (χ2v) is 5.17. The minimum absolute atomic E-state index is 0.258. The smallest absolute Gasteiger partial charge is 0.123 e. The van der Waals surface area contributed by atoms with Gasteiger partial charge in [-0.1, -0.05) is 18.2 Å². The Balaban J connectivity index is 1.81. The molecular formula is C16H25NO3. The Morgan fingerprint density at radius 1 is 1.25 bits per heavy atom. The molecule has 4 heteroatoms. The van der Waals surface area contributed by atoms with Gasteiger partial charge < -0.3 is 19.5 Å². The maximum absolute atomic E-state index is 5.63. The van der Waals surface area contributed by atoms with E-state index in [1.165, 1.54) is 5.56 Å². The van der Waals surface area contributed by atoms with Gasteiger partial charge in [0.25, 0.3) is 0 Å². The number of rotatable bonds is 7. The summed E-state index contributed by atoms with van der Waals surface area (Å²) in [6.07, 6.45) is 2.44. The monoisotopic (exact) mass is 279 g/mol. The van der Waals surface area contributed by atoms with E-state index in [4.69, 9.17) is 14.2 Å². The maximum Gasteiger partial charge on any atom is 0.123 e. The van der Waals surface area contributed by atoms with Gasteiger partial charge in [-0.15, -0.1) is 0 Å². The van der Waals surface area contributed by atoms with E-state index >= 15 is 0 Å². The molecule has 1 N–H and O–H groups in total. The predicted molar refractivity (Wildman–Crippen MR) is 79.0 cm³/mol. The molecule has 1 heterocycles. The second-order valence-electron chi connectivity index (χ2n) is 5.17. The van der Waals surface area contributed by atoms with E-state index in [0.717, 1.165) is 44.9 Å². The molecule has 0 aliphatic carbocycles. The average molecular weight is 279 g/mol. The molecule has 4 nitrogen and oxygen atoms in total. The first-order valence-electron chi connectivity index (χ1n) is 7.28. The van der Waals surface area contributed by atoms with Crippen LogP contribution in [0, 0.1) is 5.92 Å². The average Bonchev–Trinajstić information content (AvgIpc) is 2.53. The van der Waals surface area contributed by atoms with Gasteiger partial charge in [0, 0.05) is 39.0 Å². The van der Waals surface area contributed by atoms with Crippen molar-refractivity contribution in [2.45, 2.75) is 25.5 Å². The van der Waals surface area contributed by atoms with Crippen LogP contribution in [0.15, 0.2) is 24.3 Å². The zero-order chi connectivity index (χ0) is 14.2. The van der Waals surface area contributed by atoms with Crippen LogP contribution >= 0.6 is 0 Å². The van der Waals surface area contributed by atoms with E-state index in [9.17, 15) is 0 Å². The fraction of sp³-hybridized carbons (Fsp3) is 0.625. The highest BCUT2D eigenvalue weighted by atomic mass is 16.5. The lowest BCUT2D eigenvalue weighted by Gasteiger charge is -2.29. The molecule has 1 atom stereocenters. The van der Waals surface area contributed by atoms with Crippen molar-refractivity contribution in [3.8, 4) is 5.75 Å². The summed E-state index contributed by atoms with van der Waals surface area (Å²) in [6.45, 7) is 3.38. The molecule has 1 aromatic rings. The largest absolute Gasteiger partial charge is 0.496 e. The molecule has 0 spiro atoms. The number of hydrogen-bond donors (Lipinski definition) is 1. The van der Waals surface area contributed by atoms with Crippen molar-refractivity contribution in [2.75, 3.05) is 34.0 Å². The van der Waals surface area contributed by atoms with Crippen LogP contribution in [0.3, 0.4) is 0 Å². The first kappa shape index (κ1) is 15.3. The third kappa shape index (κ3) is 4.20. The topological polar surface area (TPSA) is 39.7 Å². The van der Waals surface area contributed by atoms with Crippen molar-refractivity contribution in [3.63, 3.8) is 0 Å². The lowest BCUT2D eigenvalue weighted by molar-refractivity contribution is -0.0124. The Kier molecular flexibility index (Phi) is 6.30. The van der Waals surface area contributed by atoms with Crippen molar-refractivity contribution in [1.29, 1.82) is 0 Å². The number of hydrogen-bond acceptors (Lipinski definition) is 4. The lowest BCUT2D eigenvalue weighted by Crippen LogP contribution is -2.37. The normalized spacial score (nSPS) is 17.9. The highest BCUT2D eigenvalue weighted by molar-refractivity contribution is 5.32. The molecule has 0 amide bonds. The van der Waals surface area contributed by atoms with Crippen molar-refractivity contribution in [2.24, 2.45) is 5.92 Å². The van der Waals surface area contributed by atoms with E-state index < -0.39 is 0 Å². The zero-order valence-corrected chi connectivity index (χ0v) is 12.4. The Hall–Kier alpha value is -1.10. The summed E-state index contributed by atoms with van der Waals surface area (Å²) in [5.41, 5.74) is 1.18. The third-order valence-electron chi connectivity index (χ3n) is 3.95. The minimum atomic E-state index is 0.258. The molecule has 0 radical (unpaired) electrons. The van der Waals surface area contributed by atoms with Gasteiger partial charge in [-0.25, -0.2) is 0 Å². The summed E-state index contributed by atoms with van der Waals surface area (Å²) >= 11 is 0. The van der Waals surface area contributed by atoms with Gasteiger partial charge in [0.15, 0.2) is 0 Å². The standard InChI is InChI=1S/C16H25NO3/c1-18-15-6-4-3-5-14(15)11-17-12-16(19-2)13-7-9-20-10-8-13/h3-6,13,16-17H,7-12H2,1-2H3. The van der Waals surface area contributed by atoms with Gasteiger partial charge in [-0.05, 0) is 24.8 Å². The van der Waals surface area contributed by atoms with Crippen LogP contribution in [-0.2, 0) is 16.0 Å².